The van der Waals surface area contributed by atoms with E-state index in [1.807, 2.05) is 18.7 Å². The molecule has 1 aliphatic heterocycles. The topological polar surface area (TPSA) is 58.2 Å². The average molecular weight is 317 g/mol. The first-order chi connectivity index (χ1) is 11.1. The van der Waals surface area contributed by atoms with Crippen molar-refractivity contribution in [2.75, 3.05) is 19.8 Å². The van der Waals surface area contributed by atoms with E-state index in [1.54, 1.807) is 12.1 Å². The van der Waals surface area contributed by atoms with Gasteiger partial charge in [0.15, 0.2) is 0 Å². The first kappa shape index (κ1) is 15.7. The van der Waals surface area contributed by atoms with E-state index in [0.29, 0.717) is 19.8 Å². The summed E-state index contributed by atoms with van der Waals surface area (Å²) in [7, 11) is 0. The van der Waals surface area contributed by atoms with Crippen LogP contribution in [-0.2, 0) is 16.0 Å². The van der Waals surface area contributed by atoms with Gasteiger partial charge in [-0.05, 0) is 31.5 Å². The van der Waals surface area contributed by atoms with Gasteiger partial charge in [0.2, 0.25) is 5.91 Å². The standard InChI is InChI=1S/C17H20FN3O2/c1-11-17(12(2)20-19-11)15-10-23-8-7-21(15)16(22)9-13-3-5-14(18)6-4-13/h3-6,15H,7-10H2,1-2H3,(H,19,20). The summed E-state index contributed by atoms with van der Waals surface area (Å²) in [5, 5.41) is 7.18. The third-order valence-electron chi connectivity index (χ3n) is 4.24. The molecule has 0 radical (unpaired) electrons. The number of nitrogens with zero attached hydrogens (tertiary/aromatic N) is 2. The second-order valence-electron chi connectivity index (χ2n) is 5.83. The summed E-state index contributed by atoms with van der Waals surface area (Å²) >= 11 is 0. The molecule has 23 heavy (non-hydrogen) atoms. The van der Waals surface area contributed by atoms with Crippen molar-refractivity contribution in [2.24, 2.45) is 0 Å². The number of aromatic amines is 1. The molecule has 1 fully saturated rings. The molecule has 0 saturated carbocycles. The van der Waals surface area contributed by atoms with Gasteiger partial charge in [0, 0.05) is 17.8 Å². The molecule has 1 unspecified atom stereocenters. The molecule has 0 bridgehead atoms. The predicted octanol–water partition coefficient (Wildman–Crippen LogP) is 2.31. The van der Waals surface area contributed by atoms with Crippen LogP contribution in [-0.4, -0.2) is 40.8 Å². The zero-order valence-electron chi connectivity index (χ0n) is 13.3. The number of halogens is 1. The van der Waals surface area contributed by atoms with Gasteiger partial charge >= 0.3 is 0 Å². The zero-order chi connectivity index (χ0) is 16.4. The zero-order valence-corrected chi connectivity index (χ0v) is 13.3. The molecule has 1 aromatic carbocycles. The Morgan fingerprint density at radius 3 is 2.78 bits per heavy atom. The molecule has 3 rings (SSSR count). The number of morpholine rings is 1. The summed E-state index contributed by atoms with van der Waals surface area (Å²) in [5.41, 5.74) is 3.68. The highest BCUT2D eigenvalue weighted by Crippen LogP contribution is 2.28. The van der Waals surface area contributed by atoms with Crippen molar-refractivity contribution in [1.82, 2.24) is 15.1 Å². The summed E-state index contributed by atoms with van der Waals surface area (Å²) in [6.45, 7) is 5.43. The van der Waals surface area contributed by atoms with E-state index in [4.69, 9.17) is 4.74 Å². The number of hydrogen-bond acceptors (Lipinski definition) is 3. The largest absolute Gasteiger partial charge is 0.377 e. The fraction of sp³-hybridized carbons (Fsp3) is 0.412. The van der Waals surface area contributed by atoms with Gasteiger partial charge in [-0.25, -0.2) is 4.39 Å². The number of carbonyl (C=O) groups excluding carboxylic acids is 1. The van der Waals surface area contributed by atoms with Gasteiger partial charge in [0.05, 0.1) is 31.4 Å². The number of H-pyrrole nitrogens is 1. The van der Waals surface area contributed by atoms with E-state index in [0.717, 1.165) is 22.5 Å². The number of aryl methyl sites for hydroxylation is 2. The highest BCUT2D eigenvalue weighted by atomic mass is 19.1. The number of benzene rings is 1. The van der Waals surface area contributed by atoms with Gasteiger partial charge in [-0.2, -0.15) is 5.10 Å². The third kappa shape index (κ3) is 3.27. The fourth-order valence-electron chi connectivity index (χ4n) is 3.07. The summed E-state index contributed by atoms with van der Waals surface area (Å²) < 4.78 is 18.6. The lowest BCUT2D eigenvalue weighted by atomic mass is 10.0. The Hall–Kier alpha value is -2.21. The number of amides is 1. The minimum Gasteiger partial charge on any atom is -0.377 e. The lowest BCUT2D eigenvalue weighted by Crippen LogP contribution is -2.44. The minimum absolute atomic E-state index is 0.0184. The van der Waals surface area contributed by atoms with Crippen LogP contribution in [0.3, 0.4) is 0 Å². The number of ether oxygens (including phenoxy) is 1. The summed E-state index contributed by atoms with van der Waals surface area (Å²) in [6.07, 6.45) is 0.257. The number of rotatable bonds is 3. The Morgan fingerprint density at radius 1 is 1.39 bits per heavy atom. The molecule has 0 spiro atoms. The van der Waals surface area contributed by atoms with E-state index in [9.17, 15) is 9.18 Å². The molecule has 2 heterocycles. The van der Waals surface area contributed by atoms with Gasteiger partial charge in [-0.3, -0.25) is 9.89 Å². The number of carbonyl (C=O) groups is 1. The molecule has 1 aliphatic rings. The van der Waals surface area contributed by atoms with Gasteiger partial charge in [-0.15, -0.1) is 0 Å². The van der Waals surface area contributed by atoms with E-state index in [1.165, 1.54) is 12.1 Å². The molecule has 2 aromatic rings. The van der Waals surface area contributed by atoms with E-state index >= 15 is 0 Å². The van der Waals surface area contributed by atoms with Crippen LogP contribution < -0.4 is 0 Å². The van der Waals surface area contributed by atoms with E-state index in [2.05, 4.69) is 10.2 Å². The SMILES string of the molecule is Cc1n[nH]c(C)c1C1COCCN1C(=O)Cc1ccc(F)cc1. The first-order valence-electron chi connectivity index (χ1n) is 7.69. The smallest absolute Gasteiger partial charge is 0.227 e. The normalized spacial score (nSPS) is 18.2. The van der Waals surface area contributed by atoms with Crippen LogP contribution in [0, 0.1) is 19.7 Å². The van der Waals surface area contributed by atoms with Crippen LogP contribution in [0.4, 0.5) is 4.39 Å². The molecular formula is C17H20FN3O2. The predicted molar refractivity (Wildman–Crippen MR) is 83.4 cm³/mol. The Balaban J connectivity index is 1.81. The van der Waals surface area contributed by atoms with Gasteiger partial charge in [0.1, 0.15) is 5.82 Å². The van der Waals surface area contributed by atoms with Crippen molar-refractivity contribution in [2.45, 2.75) is 26.3 Å². The monoisotopic (exact) mass is 317 g/mol. The van der Waals surface area contributed by atoms with Crippen molar-refractivity contribution in [1.29, 1.82) is 0 Å². The molecule has 1 saturated heterocycles. The van der Waals surface area contributed by atoms with E-state index < -0.39 is 0 Å². The Morgan fingerprint density at radius 2 is 2.13 bits per heavy atom. The molecule has 1 aromatic heterocycles. The summed E-state index contributed by atoms with van der Waals surface area (Å²) in [4.78, 5) is 14.6. The van der Waals surface area contributed by atoms with Gasteiger partial charge in [0.25, 0.3) is 0 Å². The molecule has 1 amide bonds. The Labute approximate surface area is 134 Å². The molecule has 1 N–H and O–H groups in total. The molecule has 1 atom stereocenters. The van der Waals surface area contributed by atoms with Crippen molar-refractivity contribution in [3.63, 3.8) is 0 Å². The van der Waals surface area contributed by atoms with Crippen molar-refractivity contribution >= 4 is 5.91 Å². The van der Waals surface area contributed by atoms with Crippen LogP contribution in [0.25, 0.3) is 0 Å². The van der Waals surface area contributed by atoms with Gasteiger partial charge < -0.3 is 9.64 Å². The Bertz CT molecular complexity index is 677. The highest BCUT2D eigenvalue weighted by Gasteiger charge is 2.31. The molecular weight excluding hydrogens is 297 g/mol. The molecule has 122 valence electrons. The fourth-order valence-corrected chi connectivity index (χ4v) is 3.07. The second kappa shape index (κ2) is 6.50. The second-order valence-corrected chi connectivity index (χ2v) is 5.83. The maximum atomic E-state index is 13.0. The lowest BCUT2D eigenvalue weighted by molar-refractivity contribution is -0.139. The maximum Gasteiger partial charge on any atom is 0.227 e. The summed E-state index contributed by atoms with van der Waals surface area (Å²) in [5.74, 6) is -0.278. The third-order valence-corrected chi connectivity index (χ3v) is 4.24. The van der Waals surface area contributed by atoms with Crippen LogP contribution in [0.1, 0.15) is 28.6 Å². The lowest BCUT2D eigenvalue weighted by Gasteiger charge is -2.36. The first-order valence-corrected chi connectivity index (χ1v) is 7.69. The van der Waals surface area contributed by atoms with Crippen LogP contribution in [0.15, 0.2) is 24.3 Å². The van der Waals surface area contributed by atoms with Crippen molar-refractivity contribution in [3.8, 4) is 0 Å². The molecule has 6 heteroatoms. The average Bonchev–Trinajstić information content (AvgIpc) is 2.88. The number of aromatic nitrogens is 2. The quantitative estimate of drug-likeness (QED) is 0.945. The van der Waals surface area contributed by atoms with Crippen LogP contribution in [0.2, 0.25) is 0 Å². The maximum absolute atomic E-state index is 13.0. The van der Waals surface area contributed by atoms with Crippen molar-refractivity contribution in [3.05, 3.63) is 52.6 Å². The highest BCUT2D eigenvalue weighted by molar-refractivity contribution is 5.79. The number of nitrogens with one attached hydrogen (secondary N) is 1. The Kier molecular flexibility index (Phi) is 4.43. The van der Waals surface area contributed by atoms with Crippen LogP contribution >= 0.6 is 0 Å². The minimum atomic E-state index is -0.296. The molecule has 5 nitrogen and oxygen atoms in total. The molecule has 0 aliphatic carbocycles. The van der Waals surface area contributed by atoms with E-state index in [-0.39, 0.29) is 24.2 Å². The van der Waals surface area contributed by atoms with Crippen LogP contribution in [0.5, 0.6) is 0 Å². The van der Waals surface area contributed by atoms with Gasteiger partial charge in [-0.1, -0.05) is 12.1 Å². The number of hydrogen-bond donors (Lipinski definition) is 1. The van der Waals surface area contributed by atoms with Crippen molar-refractivity contribution < 1.29 is 13.9 Å². The summed E-state index contributed by atoms with van der Waals surface area (Å²) in [6, 6.07) is 5.93.